The Morgan fingerprint density at radius 1 is 1.31 bits per heavy atom. The molecule has 136 valence electrons. The van der Waals surface area contributed by atoms with Crippen LogP contribution >= 0.6 is 15.9 Å². The van der Waals surface area contributed by atoms with E-state index in [1.54, 1.807) is 18.3 Å². The highest BCUT2D eigenvalue weighted by Gasteiger charge is 2.18. The number of rotatable bonds is 5. The molecule has 1 aliphatic rings. The number of hydrogen-bond donors (Lipinski definition) is 2. The molecule has 1 fully saturated rings. The highest BCUT2D eigenvalue weighted by Crippen LogP contribution is 2.33. The number of phenols is 1. The second-order valence-corrected chi connectivity index (χ2v) is 7.37. The maximum absolute atomic E-state index is 11.5. The van der Waals surface area contributed by atoms with Crippen molar-refractivity contribution in [3.63, 3.8) is 0 Å². The van der Waals surface area contributed by atoms with Gasteiger partial charge in [0.25, 0.3) is 0 Å². The van der Waals surface area contributed by atoms with Crippen molar-refractivity contribution in [3.05, 3.63) is 57.1 Å². The van der Waals surface area contributed by atoms with Crippen molar-refractivity contribution >= 4 is 33.8 Å². The molecule has 0 aromatic heterocycles. The summed E-state index contributed by atoms with van der Waals surface area (Å²) in [6, 6.07) is 9.09. The Morgan fingerprint density at radius 3 is 2.73 bits per heavy atom. The zero-order valence-corrected chi connectivity index (χ0v) is 16.2. The van der Waals surface area contributed by atoms with E-state index in [1.165, 1.54) is 0 Å². The van der Waals surface area contributed by atoms with Gasteiger partial charge in [-0.05, 0) is 67.7 Å². The van der Waals surface area contributed by atoms with Gasteiger partial charge in [-0.15, -0.1) is 0 Å². The molecular weight excluding hydrogens is 396 g/mol. The summed E-state index contributed by atoms with van der Waals surface area (Å²) in [6.07, 6.45) is 3.98. The van der Waals surface area contributed by atoms with E-state index in [0.717, 1.165) is 47.1 Å². The van der Waals surface area contributed by atoms with Crippen LogP contribution in [0.5, 0.6) is 5.75 Å². The van der Waals surface area contributed by atoms with Gasteiger partial charge in [0.1, 0.15) is 11.3 Å². The smallest absolute Gasteiger partial charge is 0.339 e. The van der Waals surface area contributed by atoms with Crippen LogP contribution in [0, 0.1) is 6.92 Å². The van der Waals surface area contributed by atoms with Crippen LogP contribution < -0.4 is 0 Å². The van der Waals surface area contributed by atoms with E-state index in [0.29, 0.717) is 6.54 Å². The maximum Gasteiger partial charge on any atom is 0.339 e. The van der Waals surface area contributed by atoms with Crippen LogP contribution in [0.25, 0.3) is 0 Å². The minimum atomic E-state index is -1.15. The number of nitrogens with zero attached hydrogens (tertiary/aromatic N) is 2. The van der Waals surface area contributed by atoms with E-state index in [1.807, 2.05) is 25.1 Å². The predicted octanol–water partition coefficient (Wildman–Crippen LogP) is 4.51. The van der Waals surface area contributed by atoms with Crippen LogP contribution in [0.15, 0.2) is 39.8 Å². The molecule has 0 amide bonds. The van der Waals surface area contributed by atoms with Crippen LogP contribution in [0.1, 0.15) is 39.9 Å². The highest BCUT2D eigenvalue weighted by atomic mass is 79.9. The van der Waals surface area contributed by atoms with Gasteiger partial charge in [-0.1, -0.05) is 28.1 Å². The summed E-state index contributed by atoms with van der Waals surface area (Å²) in [7, 11) is 0. The SMILES string of the molecule is Cc1c(Br)cccc1/C=N/c1cc(CN2CCCC2)cc(C(=O)O)c1O. The molecule has 1 saturated heterocycles. The summed E-state index contributed by atoms with van der Waals surface area (Å²) in [5.41, 5.74) is 2.95. The molecule has 26 heavy (non-hydrogen) atoms. The van der Waals surface area contributed by atoms with Gasteiger partial charge < -0.3 is 10.2 Å². The molecule has 0 bridgehead atoms. The van der Waals surface area contributed by atoms with Crippen molar-refractivity contribution < 1.29 is 15.0 Å². The van der Waals surface area contributed by atoms with Gasteiger partial charge in [0, 0.05) is 17.2 Å². The number of aromatic hydroxyl groups is 1. The monoisotopic (exact) mass is 416 g/mol. The molecule has 2 N–H and O–H groups in total. The lowest BCUT2D eigenvalue weighted by Gasteiger charge is -2.16. The fraction of sp³-hybridized carbons (Fsp3) is 0.300. The Hall–Kier alpha value is -2.18. The summed E-state index contributed by atoms with van der Waals surface area (Å²) < 4.78 is 0.972. The number of hydrogen-bond acceptors (Lipinski definition) is 4. The Kier molecular flexibility index (Phi) is 5.74. The number of halogens is 1. The van der Waals surface area contributed by atoms with Gasteiger partial charge in [-0.25, -0.2) is 4.79 Å². The molecule has 2 aromatic rings. The Balaban J connectivity index is 1.96. The lowest BCUT2D eigenvalue weighted by molar-refractivity contribution is 0.0693. The second-order valence-electron chi connectivity index (χ2n) is 6.51. The number of carbonyl (C=O) groups is 1. The van der Waals surface area contributed by atoms with Gasteiger partial charge >= 0.3 is 5.97 Å². The van der Waals surface area contributed by atoms with Crippen LogP contribution in [0.2, 0.25) is 0 Å². The zero-order valence-electron chi connectivity index (χ0n) is 14.6. The summed E-state index contributed by atoms with van der Waals surface area (Å²) in [6.45, 7) is 4.66. The molecule has 0 aliphatic carbocycles. The number of benzene rings is 2. The first-order valence-electron chi connectivity index (χ1n) is 8.56. The quantitative estimate of drug-likeness (QED) is 0.703. The van der Waals surface area contributed by atoms with Crippen LogP contribution in [-0.4, -0.2) is 40.4 Å². The lowest BCUT2D eigenvalue weighted by atomic mass is 10.1. The average molecular weight is 417 g/mol. The van der Waals surface area contributed by atoms with E-state index in [-0.39, 0.29) is 17.0 Å². The largest absolute Gasteiger partial charge is 0.505 e. The van der Waals surface area contributed by atoms with Crippen molar-refractivity contribution in [1.82, 2.24) is 4.90 Å². The molecule has 3 rings (SSSR count). The maximum atomic E-state index is 11.5. The molecule has 0 atom stereocenters. The summed E-state index contributed by atoms with van der Waals surface area (Å²) in [5.74, 6) is -1.45. The third-order valence-electron chi connectivity index (χ3n) is 4.64. The first-order chi connectivity index (χ1) is 12.5. The van der Waals surface area contributed by atoms with Crippen LogP contribution in [-0.2, 0) is 6.54 Å². The lowest BCUT2D eigenvalue weighted by Crippen LogP contribution is -2.18. The average Bonchev–Trinajstić information content (AvgIpc) is 3.11. The molecule has 0 radical (unpaired) electrons. The summed E-state index contributed by atoms with van der Waals surface area (Å²) >= 11 is 3.48. The Bertz CT molecular complexity index is 858. The van der Waals surface area contributed by atoms with Crippen LogP contribution in [0.4, 0.5) is 5.69 Å². The number of carboxylic acid groups (broad SMARTS) is 1. The van der Waals surface area contributed by atoms with E-state index in [4.69, 9.17) is 0 Å². The summed E-state index contributed by atoms with van der Waals surface area (Å²) in [5, 5.41) is 19.7. The molecule has 1 heterocycles. The van der Waals surface area contributed by atoms with Crippen LogP contribution in [0.3, 0.4) is 0 Å². The minimum Gasteiger partial charge on any atom is -0.505 e. The predicted molar refractivity (Wildman–Crippen MR) is 106 cm³/mol. The van der Waals surface area contributed by atoms with Gasteiger partial charge in [0.2, 0.25) is 0 Å². The molecule has 5 nitrogen and oxygen atoms in total. The Labute approximate surface area is 161 Å². The second kappa shape index (κ2) is 8.01. The topological polar surface area (TPSA) is 73.1 Å². The zero-order chi connectivity index (χ0) is 18.7. The molecule has 1 aliphatic heterocycles. The standard InChI is InChI=1S/C20H21BrN2O3/c1-13-15(5-4-6-17(13)21)11-22-18-10-14(12-23-7-2-3-8-23)9-16(19(18)24)20(25)26/h4-6,9-11,24H,2-3,7-8,12H2,1H3,(H,25,26)/b22-11+. The van der Waals surface area contributed by atoms with Gasteiger partial charge in [0.15, 0.2) is 5.75 Å². The van der Waals surface area contributed by atoms with Gasteiger partial charge in [-0.2, -0.15) is 0 Å². The van der Waals surface area contributed by atoms with E-state index in [9.17, 15) is 15.0 Å². The molecular formula is C20H21BrN2O3. The van der Waals surface area contributed by atoms with Crippen molar-refractivity contribution in [2.24, 2.45) is 4.99 Å². The number of likely N-dealkylation sites (tertiary alicyclic amines) is 1. The van der Waals surface area contributed by atoms with E-state index < -0.39 is 5.97 Å². The van der Waals surface area contributed by atoms with Gasteiger partial charge in [-0.3, -0.25) is 9.89 Å². The number of carboxylic acids is 1. The van der Waals surface area contributed by atoms with Crippen molar-refractivity contribution in [1.29, 1.82) is 0 Å². The highest BCUT2D eigenvalue weighted by molar-refractivity contribution is 9.10. The third-order valence-corrected chi connectivity index (χ3v) is 5.50. The fourth-order valence-corrected chi connectivity index (χ4v) is 3.51. The first kappa shape index (κ1) is 18.6. The first-order valence-corrected chi connectivity index (χ1v) is 9.35. The van der Waals surface area contributed by atoms with Crippen molar-refractivity contribution in [2.45, 2.75) is 26.3 Å². The van der Waals surface area contributed by atoms with Gasteiger partial charge in [0.05, 0.1) is 0 Å². The molecule has 6 heteroatoms. The minimum absolute atomic E-state index is 0.111. The summed E-state index contributed by atoms with van der Waals surface area (Å²) in [4.78, 5) is 18.2. The molecule has 2 aromatic carbocycles. The van der Waals surface area contributed by atoms with E-state index in [2.05, 4.69) is 25.8 Å². The fourth-order valence-electron chi connectivity index (χ4n) is 3.13. The molecule has 0 unspecified atom stereocenters. The van der Waals surface area contributed by atoms with Crippen molar-refractivity contribution in [3.8, 4) is 5.75 Å². The molecule has 0 spiro atoms. The Morgan fingerprint density at radius 2 is 2.04 bits per heavy atom. The number of aliphatic imine (C=N–C) groups is 1. The van der Waals surface area contributed by atoms with Crippen molar-refractivity contribution in [2.75, 3.05) is 13.1 Å². The normalized spacial score (nSPS) is 15.0. The molecule has 0 saturated carbocycles. The number of aromatic carboxylic acids is 1. The third kappa shape index (κ3) is 4.14. The van der Waals surface area contributed by atoms with E-state index >= 15 is 0 Å².